The van der Waals surface area contributed by atoms with Crippen molar-refractivity contribution in [3.63, 3.8) is 0 Å². The van der Waals surface area contributed by atoms with Gasteiger partial charge in [-0.15, -0.1) is 0 Å². The molecule has 7 heteroatoms. The number of hydrogen-bond acceptors (Lipinski definition) is 3. The third-order valence-corrected chi connectivity index (χ3v) is 5.05. The molecule has 0 aromatic heterocycles. The number of carbonyl (C=O) groups excluding carboxylic acids is 1. The van der Waals surface area contributed by atoms with Gasteiger partial charge in [-0.25, -0.2) is 0 Å². The Morgan fingerprint density at radius 3 is 2.17 bits per heavy atom. The van der Waals surface area contributed by atoms with Crippen molar-refractivity contribution >= 4 is 17.3 Å². The highest BCUT2D eigenvalue weighted by Crippen LogP contribution is 2.42. The van der Waals surface area contributed by atoms with E-state index in [1.165, 1.54) is 0 Å². The number of nitrogens with zero attached hydrogens (tertiary/aromatic N) is 2. The van der Waals surface area contributed by atoms with E-state index in [4.69, 9.17) is 5.73 Å². The Hall–Kier alpha value is -1.92. The molecule has 2 heterocycles. The normalized spacial score (nSPS) is 21.0. The van der Waals surface area contributed by atoms with E-state index in [0.29, 0.717) is 12.1 Å². The molecule has 0 saturated carbocycles. The minimum absolute atomic E-state index is 0.161. The summed E-state index contributed by atoms with van der Waals surface area (Å²) in [7, 11) is 0. The van der Waals surface area contributed by atoms with Gasteiger partial charge in [0, 0.05) is 37.6 Å². The molecule has 23 heavy (non-hydrogen) atoms. The molecule has 1 aromatic rings. The van der Waals surface area contributed by atoms with Crippen LogP contribution in [-0.2, 0) is 4.79 Å². The number of rotatable bonds is 1. The zero-order valence-corrected chi connectivity index (χ0v) is 12.8. The van der Waals surface area contributed by atoms with Gasteiger partial charge in [0.2, 0.25) is 0 Å². The quantitative estimate of drug-likeness (QED) is 0.807. The minimum Gasteiger partial charge on any atom is -0.399 e. The molecule has 2 aliphatic heterocycles. The Balaban J connectivity index is 1.61. The topological polar surface area (TPSA) is 49.6 Å². The first-order chi connectivity index (χ1) is 10.8. The summed E-state index contributed by atoms with van der Waals surface area (Å²) in [4.78, 5) is 14.6. The molecule has 4 nitrogen and oxygen atoms in total. The summed E-state index contributed by atoms with van der Waals surface area (Å²) in [5, 5.41) is 0. The fourth-order valence-corrected chi connectivity index (χ4v) is 3.62. The van der Waals surface area contributed by atoms with Crippen molar-refractivity contribution < 1.29 is 18.0 Å². The van der Waals surface area contributed by atoms with Crippen LogP contribution in [0.15, 0.2) is 24.3 Å². The number of anilines is 2. The lowest BCUT2D eigenvalue weighted by atomic mass is 9.77. The van der Waals surface area contributed by atoms with Crippen LogP contribution in [0.3, 0.4) is 0 Å². The van der Waals surface area contributed by atoms with E-state index in [9.17, 15) is 18.0 Å². The number of nitrogen functional groups attached to an aromatic ring is 1. The lowest BCUT2D eigenvalue weighted by Gasteiger charge is -2.40. The molecule has 0 bridgehead atoms. The Morgan fingerprint density at radius 2 is 1.61 bits per heavy atom. The number of amides is 1. The van der Waals surface area contributed by atoms with Gasteiger partial charge in [-0.05, 0) is 48.9 Å². The van der Waals surface area contributed by atoms with Gasteiger partial charge in [-0.2, -0.15) is 13.2 Å². The smallest absolute Gasteiger partial charge is 0.399 e. The number of alkyl halides is 3. The van der Waals surface area contributed by atoms with Crippen molar-refractivity contribution in [1.29, 1.82) is 0 Å². The van der Waals surface area contributed by atoms with Gasteiger partial charge in [0.1, 0.15) is 0 Å². The van der Waals surface area contributed by atoms with Gasteiger partial charge in [-0.3, -0.25) is 4.79 Å². The number of likely N-dealkylation sites (tertiary alicyclic amines) is 1. The van der Waals surface area contributed by atoms with E-state index in [-0.39, 0.29) is 18.5 Å². The molecular formula is C16H20F3N3O. The lowest BCUT2D eigenvalue weighted by molar-refractivity contribution is -0.184. The van der Waals surface area contributed by atoms with Crippen molar-refractivity contribution in [2.75, 3.05) is 36.8 Å². The number of nitrogens with two attached hydrogens (primary N) is 1. The van der Waals surface area contributed by atoms with E-state index in [1.54, 1.807) is 0 Å². The zero-order chi connectivity index (χ0) is 16.7. The van der Waals surface area contributed by atoms with E-state index in [2.05, 4.69) is 4.90 Å². The second kappa shape index (κ2) is 5.62. The molecule has 2 fully saturated rings. The van der Waals surface area contributed by atoms with Crippen LogP contribution in [-0.4, -0.2) is 43.2 Å². The van der Waals surface area contributed by atoms with Gasteiger partial charge in [0.15, 0.2) is 0 Å². The minimum atomic E-state index is -4.77. The molecule has 0 radical (unpaired) electrons. The predicted octanol–water partition coefficient (Wildman–Crippen LogP) is 2.65. The van der Waals surface area contributed by atoms with Crippen LogP contribution in [0.1, 0.15) is 19.3 Å². The van der Waals surface area contributed by atoms with Crippen molar-refractivity contribution in [1.82, 2.24) is 4.90 Å². The summed E-state index contributed by atoms with van der Waals surface area (Å²) in [6.45, 7) is 2.01. The van der Waals surface area contributed by atoms with Crippen LogP contribution in [0.4, 0.5) is 24.5 Å². The third kappa shape index (κ3) is 3.23. The van der Waals surface area contributed by atoms with Gasteiger partial charge in [0.05, 0.1) is 0 Å². The largest absolute Gasteiger partial charge is 0.471 e. The van der Waals surface area contributed by atoms with E-state index in [1.807, 2.05) is 24.3 Å². The summed E-state index contributed by atoms with van der Waals surface area (Å²) in [6, 6.07) is 7.61. The van der Waals surface area contributed by atoms with E-state index < -0.39 is 12.1 Å². The first-order valence-electron chi connectivity index (χ1n) is 7.76. The maximum Gasteiger partial charge on any atom is 0.471 e. The first kappa shape index (κ1) is 16.0. The van der Waals surface area contributed by atoms with Crippen molar-refractivity contribution in [3.8, 4) is 0 Å². The highest BCUT2D eigenvalue weighted by molar-refractivity contribution is 5.82. The Kier molecular flexibility index (Phi) is 3.90. The van der Waals surface area contributed by atoms with Crippen LogP contribution >= 0.6 is 0 Å². The number of carbonyl (C=O) groups is 1. The molecule has 0 atom stereocenters. The van der Waals surface area contributed by atoms with Gasteiger partial charge < -0.3 is 15.5 Å². The third-order valence-electron chi connectivity index (χ3n) is 5.05. The van der Waals surface area contributed by atoms with Gasteiger partial charge in [-0.1, -0.05) is 0 Å². The average molecular weight is 327 g/mol. The van der Waals surface area contributed by atoms with Gasteiger partial charge >= 0.3 is 12.1 Å². The zero-order valence-electron chi connectivity index (χ0n) is 12.8. The van der Waals surface area contributed by atoms with E-state index in [0.717, 1.165) is 36.5 Å². The van der Waals surface area contributed by atoms with Crippen LogP contribution < -0.4 is 10.6 Å². The summed E-state index contributed by atoms with van der Waals surface area (Å²) >= 11 is 0. The van der Waals surface area contributed by atoms with Crippen LogP contribution in [0, 0.1) is 5.41 Å². The SMILES string of the molecule is Nc1ccc(N2CCC3(CCN(C(=O)C(F)(F)F)C3)CC2)cc1. The molecule has 0 unspecified atom stereocenters. The Morgan fingerprint density at radius 1 is 1.04 bits per heavy atom. The monoisotopic (exact) mass is 327 g/mol. The van der Waals surface area contributed by atoms with Crippen molar-refractivity contribution in [2.24, 2.45) is 5.41 Å². The fourth-order valence-electron chi connectivity index (χ4n) is 3.62. The molecule has 2 aliphatic rings. The highest BCUT2D eigenvalue weighted by Gasteiger charge is 2.49. The average Bonchev–Trinajstić information content (AvgIpc) is 2.91. The summed E-state index contributed by atoms with van der Waals surface area (Å²) < 4.78 is 37.7. The standard InChI is InChI=1S/C16H20F3N3O/c17-16(18,19)14(23)22-10-7-15(11-22)5-8-21(9-6-15)13-3-1-12(20)2-4-13/h1-4H,5-11,20H2. The lowest BCUT2D eigenvalue weighted by Crippen LogP contribution is -2.44. The summed E-state index contributed by atoms with van der Waals surface area (Å²) in [5.74, 6) is -1.70. The maximum absolute atomic E-state index is 12.6. The van der Waals surface area contributed by atoms with Crippen molar-refractivity contribution in [3.05, 3.63) is 24.3 Å². The molecule has 2 saturated heterocycles. The fraction of sp³-hybridized carbons (Fsp3) is 0.562. The molecule has 1 aromatic carbocycles. The van der Waals surface area contributed by atoms with Gasteiger partial charge in [0.25, 0.3) is 0 Å². The molecule has 2 N–H and O–H groups in total. The first-order valence-corrected chi connectivity index (χ1v) is 7.76. The maximum atomic E-state index is 12.6. The molecular weight excluding hydrogens is 307 g/mol. The summed E-state index contributed by atoms with van der Waals surface area (Å²) in [5.41, 5.74) is 7.31. The number of piperidine rings is 1. The van der Waals surface area contributed by atoms with Crippen LogP contribution in [0.25, 0.3) is 0 Å². The van der Waals surface area contributed by atoms with Crippen molar-refractivity contribution in [2.45, 2.75) is 25.4 Å². The van der Waals surface area contributed by atoms with E-state index >= 15 is 0 Å². The van der Waals surface area contributed by atoms with Crippen LogP contribution in [0.2, 0.25) is 0 Å². The highest BCUT2D eigenvalue weighted by atomic mass is 19.4. The molecule has 1 amide bonds. The Bertz CT molecular complexity index is 577. The Labute approximate surface area is 133 Å². The molecule has 0 aliphatic carbocycles. The number of halogens is 3. The summed E-state index contributed by atoms with van der Waals surface area (Å²) in [6.07, 6.45) is -2.50. The molecule has 1 spiro atoms. The second-order valence-electron chi connectivity index (χ2n) is 6.55. The number of hydrogen-bond donors (Lipinski definition) is 1. The second-order valence-corrected chi connectivity index (χ2v) is 6.55. The van der Waals surface area contributed by atoms with Crippen LogP contribution in [0.5, 0.6) is 0 Å². The predicted molar refractivity (Wildman–Crippen MR) is 82.0 cm³/mol. The number of benzene rings is 1. The molecule has 3 rings (SSSR count). The molecule has 126 valence electrons.